The van der Waals surface area contributed by atoms with Crippen molar-refractivity contribution >= 4 is 0 Å². The number of piperidine rings is 1. The van der Waals surface area contributed by atoms with E-state index in [2.05, 4.69) is 21.6 Å². The summed E-state index contributed by atoms with van der Waals surface area (Å²) in [7, 11) is 0. The fraction of sp³-hybridized carbons (Fsp3) is 0.600. The fourth-order valence-corrected chi connectivity index (χ4v) is 1.84. The average Bonchev–Trinajstić information content (AvgIpc) is 2.21. The second-order valence-electron chi connectivity index (χ2n) is 3.63. The summed E-state index contributed by atoms with van der Waals surface area (Å²) >= 11 is 0. The Morgan fingerprint density at radius 1 is 1.54 bits per heavy atom. The van der Waals surface area contributed by atoms with E-state index >= 15 is 0 Å². The lowest BCUT2D eigenvalue weighted by molar-refractivity contribution is 0.372. The summed E-state index contributed by atoms with van der Waals surface area (Å²) in [4.78, 5) is 0. The molecule has 1 aromatic rings. The third-order valence-electron chi connectivity index (χ3n) is 2.52. The van der Waals surface area contributed by atoms with E-state index in [-0.39, 0.29) is 0 Å². The van der Waals surface area contributed by atoms with E-state index in [4.69, 9.17) is 0 Å². The lowest BCUT2D eigenvalue weighted by atomic mass is 9.95. The van der Waals surface area contributed by atoms with E-state index in [0.717, 1.165) is 24.6 Å². The van der Waals surface area contributed by atoms with Crippen LogP contribution in [0.15, 0.2) is 18.3 Å². The van der Waals surface area contributed by atoms with Crippen LogP contribution in [0.4, 0.5) is 0 Å². The van der Waals surface area contributed by atoms with E-state index < -0.39 is 0 Å². The lowest BCUT2D eigenvalue weighted by Gasteiger charge is -2.21. The van der Waals surface area contributed by atoms with Crippen molar-refractivity contribution in [3.05, 3.63) is 24.0 Å². The number of hydrogen-bond acceptors (Lipinski definition) is 3. The van der Waals surface area contributed by atoms with Crippen LogP contribution in [0.25, 0.3) is 0 Å². The zero-order valence-electron chi connectivity index (χ0n) is 7.74. The van der Waals surface area contributed by atoms with Gasteiger partial charge in [-0.1, -0.05) is 0 Å². The number of nitrogens with zero attached hydrogens (tertiary/aromatic N) is 2. The quantitative estimate of drug-likeness (QED) is 0.733. The van der Waals surface area contributed by atoms with Crippen molar-refractivity contribution in [2.75, 3.05) is 13.1 Å². The number of hydrogen-bond donors (Lipinski definition) is 1. The van der Waals surface area contributed by atoms with Crippen molar-refractivity contribution in [2.24, 2.45) is 5.92 Å². The molecule has 1 unspecified atom stereocenters. The average molecular weight is 177 g/mol. The Bertz CT molecular complexity index is 242. The second kappa shape index (κ2) is 4.33. The minimum Gasteiger partial charge on any atom is -0.316 e. The zero-order valence-corrected chi connectivity index (χ0v) is 7.74. The number of aromatic nitrogens is 2. The molecular weight excluding hydrogens is 162 g/mol. The van der Waals surface area contributed by atoms with Crippen LogP contribution in [0.1, 0.15) is 18.5 Å². The van der Waals surface area contributed by atoms with Crippen molar-refractivity contribution in [3.63, 3.8) is 0 Å². The molecule has 1 aliphatic rings. The van der Waals surface area contributed by atoms with Crippen LogP contribution in [-0.4, -0.2) is 23.3 Å². The monoisotopic (exact) mass is 177 g/mol. The maximum Gasteiger partial charge on any atom is 0.0634 e. The molecule has 0 aliphatic carbocycles. The molecule has 1 aliphatic heterocycles. The predicted molar refractivity (Wildman–Crippen MR) is 51.3 cm³/mol. The van der Waals surface area contributed by atoms with Crippen LogP contribution in [0.2, 0.25) is 0 Å². The number of rotatable bonds is 2. The van der Waals surface area contributed by atoms with Crippen LogP contribution in [0.3, 0.4) is 0 Å². The van der Waals surface area contributed by atoms with Gasteiger partial charge in [0.2, 0.25) is 0 Å². The Labute approximate surface area is 78.6 Å². The van der Waals surface area contributed by atoms with Gasteiger partial charge in [-0.05, 0) is 50.4 Å². The van der Waals surface area contributed by atoms with Crippen molar-refractivity contribution in [2.45, 2.75) is 19.3 Å². The molecule has 1 saturated heterocycles. The highest BCUT2D eigenvalue weighted by Gasteiger charge is 2.13. The minimum absolute atomic E-state index is 0.755. The summed E-state index contributed by atoms with van der Waals surface area (Å²) in [5.41, 5.74) is 1.12. The van der Waals surface area contributed by atoms with Crippen molar-refractivity contribution in [1.29, 1.82) is 0 Å². The molecule has 0 saturated carbocycles. The first kappa shape index (κ1) is 8.63. The first-order valence-electron chi connectivity index (χ1n) is 4.92. The third kappa shape index (κ3) is 2.49. The van der Waals surface area contributed by atoms with Crippen LogP contribution in [0.5, 0.6) is 0 Å². The molecule has 3 heteroatoms. The van der Waals surface area contributed by atoms with Gasteiger partial charge >= 0.3 is 0 Å². The smallest absolute Gasteiger partial charge is 0.0634 e. The van der Waals surface area contributed by atoms with Crippen LogP contribution in [-0.2, 0) is 6.42 Å². The first-order chi connectivity index (χ1) is 6.45. The fourth-order valence-electron chi connectivity index (χ4n) is 1.84. The van der Waals surface area contributed by atoms with E-state index in [0.29, 0.717) is 0 Å². The molecule has 2 rings (SSSR count). The topological polar surface area (TPSA) is 37.8 Å². The van der Waals surface area contributed by atoms with Gasteiger partial charge in [0.25, 0.3) is 0 Å². The minimum atomic E-state index is 0.755. The van der Waals surface area contributed by atoms with Gasteiger partial charge in [-0.2, -0.15) is 10.2 Å². The predicted octanol–water partition coefficient (Wildman–Crippen LogP) is 1.02. The molecule has 1 atom stereocenters. The van der Waals surface area contributed by atoms with E-state index in [1.54, 1.807) is 6.20 Å². The molecule has 1 aromatic heterocycles. The van der Waals surface area contributed by atoms with Gasteiger partial charge < -0.3 is 5.32 Å². The van der Waals surface area contributed by atoms with Crippen molar-refractivity contribution in [3.8, 4) is 0 Å². The van der Waals surface area contributed by atoms with Crippen molar-refractivity contribution < 1.29 is 0 Å². The lowest BCUT2D eigenvalue weighted by Crippen LogP contribution is -2.31. The maximum absolute atomic E-state index is 4.10. The molecule has 0 amide bonds. The molecule has 13 heavy (non-hydrogen) atoms. The summed E-state index contributed by atoms with van der Waals surface area (Å²) in [5.74, 6) is 0.755. The largest absolute Gasteiger partial charge is 0.316 e. The molecule has 0 radical (unpaired) electrons. The Kier molecular flexibility index (Phi) is 2.87. The van der Waals surface area contributed by atoms with Gasteiger partial charge in [-0.3, -0.25) is 0 Å². The van der Waals surface area contributed by atoms with Crippen LogP contribution >= 0.6 is 0 Å². The van der Waals surface area contributed by atoms with Gasteiger partial charge in [-0.15, -0.1) is 0 Å². The molecule has 1 N–H and O–H groups in total. The molecule has 0 bridgehead atoms. The summed E-state index contributed by atoms with van der Waals surface area (Å²) in [6.07, 6.45) is 5.41. The zero-order chi connectivity index (χ0) is 8.93. The van der Waals surface area contributed by atoms with E-state index in [1.807, 2.05) is 6.07 Å². The maximum atomic E-state index is 4.10. The Morgan fingerprint density at radius 3 is 3.23 bits per heavy atom. The summed E-state index contributed by atoms with van der Waals surface area (Å²) in [5, 5.41) is 11.4. The van der Waals surface area contributed by atoms with E-state index in [1.165, 1.54) is 19.4 Å². The molecule has 1 fully saturated rings. The number of nitrogens with one attached hydrogen (secondary N) is 1. The Morgan fingerprint density at radius 2 is 2.54 bits per heavy atom. The molecule has 70 valence electrons. The normalized spacial score (nSPS) is 22.9. The highest BCUT2D eigenvalue weighted by atomic mass is 15.1. The van der Waals surface area contributed by atoms with Gasteiger partial charge in [0.15, 0.2) is 0 Å². The summed E-state index contributed by atoms with van der Waals surface area (Å²) in [6, 6.07) is 4.01. The van der Waals surface area contributed by atoms with Gasteiger partial charge in [-0.25, -0.2) is 0 Å². The highest BCUT2D eigenvalue weighted by Crippen LogP contribution is 2.14. The van der Waals surface area contributed by atoms with Gasteiger partial charge in [0, 0.05) is 6.20 Å². The van der Waals surface area contributed by atoms with Crippen LogP contribution < -0.4 is 5.32 Å². The third-order valence-corrected chi connectivity index (χ3v) is 2.52. The second-order valence-corrected chi connectivity index (χ2v) is 3.63. The van der Waals surface area contributed by atoms with Crippen LogP contribution in [0, 0.1) is 5.92 Å². The molecule has 0 spiro atoms. The molecule has 2 heterocycles. The standard InChI is InChI=1S/C10H15N3/c1-3-9(8-11-5-1)7-10-4-2-6-12-13-10/h2,4,6,9,11H,1,3,5,7-8H2. The Hall–Kier alpha value is -0.960. The Balaban J connectivity index is 1.90. The summed E-state index contributed by atoms with van der Waals surface area (Å²) < 4.78 is 0. The molecule has 3 nitrogen and oxygen atoms in total. The SMILES string of the molecule is c1cnnc(CC2CCCNC2)c1. The van der Waals surface area contributed by atoms with Gasteiger partial charge in [0.05, 0.1) is 5.69 Å². The molecular formula is C10H15N3. The summed E-state index contributed by atoms with van der Waals surface area (Å²) in [6.45, 7) is 2.31. The first-order valence-corrected chi connectivity index (χ1v) is 4.92. The highest BCUT2D eigenvalue weighted by molar-refractivity contribution is 5.00. The van der Waals surface area contributed by atoms with Gasteiger partial charge in [0.1, 0.15) is 0 Å². The van der Waals surface area contributed by atoms with Crippen molar-refractivity contribution in [1.82, 2.24) is 15.5 Å². The van der Waals surface area contributed by atoms with E-state index in [9.17, 15) is 0 Å². The molecule has 0 aromatic carbocycles.